The van der Waals surface area contributed by atoms with E-state index in [0.29, 0.717) is 6.54 Å². The SMILES string of the molecule is CO[C@@](C)(C(=O)N[C@@H]1CCc2nnc(C(C)C)n2C1)c1ccccc1F. The summed E-state index contributed by atoms with van der Waals surface area (Å²) in [5.41, 5.74) is -1.16. The maximum Gasteiger partial charge on any atom is 0.256 e. The maximum atomic E-state index is 14.2. The summed E-state index contributed by atoms with van der Waals surface area (Å²) in [6.07, 6.45) is 1.51. The number of methoxy groups -OCH3 is 1. The van der Waals surface area contributed by atoms with Crippen LogP contribution in [-0.4, -0.2) is 33.8 Å². The maximum absolute atomic E-state index is 14.2. The summed E-state index contributed by atoms with van der Waals surface area (Å²) in [6.45, 7) is 6.34. The van der Waals surface area contributed by atoms with Crippen molar-refractivity contribution in [3.05, 3.63) is 47.3 Å². The number of nitrogens with zero attached hydrogens (tertiary/aromatic N) is 3. The van der Waals surface area contributed by atoms with Gasteiger partial charge in [0.05, 0.1) is 0 Å². The Morgan fingerprint density at radius 3 is 2.77 bits per heavy atom. The van der Waals surface area contributed by atoms with E-state index >= 15 is 0 Å². The van der Waals surface area contributed by atoms with Crippen LogP contribution in [0.1, 0.15) is 50.3 Å². The molecule has 2 aromatic rings. The topological polar surface area (TPSA) is 69.0 Å². The number of nitrogens with one attached hydrogen (secondary N) is 1. The van der Waals surface area contributed by atoms with Gasteiger partial charge in [0.25, 0.3) is 5.91 Å². The minimum absolute atomic E-state index is 0.0789. The number of amides is 1. The number of ether oxygens (including phenoxy) is 1. The van der Waals surface area contributed by atoms with Gasteiger partial charge < -0.3 is 14.6 Å². The van der Waals surface area contributed by atoms with Gasteiger partial charge in [-0.25, -0.2) is 4.39 Å². The zero-order chi connectivity index (χ0) is 18.9. The monoisotopic (exact) mass is 360 g/mol. The van der Waals surface area contributed by atoms with Gasteiger partial charge in [-0.15, -0.1) is 10.2 Å². The van der Waals surface area contributed by atoms with Gasteiger partial charge >= 0.3 is 0 Å². The van der Waals surface area contributed by atoms with Crippen LogP contribution in [0, 0.1) is 5.82 Å². The van der Waals surface area contributed by atoms with Gasteiger partial charge in [0.2, 0.25) is 0 Å². The Hall–Kier alpha value is -2.28. The molecule has 0 saturated carbocycles. The van der Waals surface area contributed by atoms with E-state index in [1.54, 1.807) is 25.1 Å². The number of aryl methyl sites for hydroxylation is 1. The van der Waals surface area contributed by atoms with Gasteiger partial charge in [-0.3, -0.25) is 4.79 Å². The Kier molecular flexibility index (Phi) is 5.09. The molecule has 140 valence electrons. The highest BCUT2D eigenvalue weighted by atomic mass is 19.1. The Balaban J connectivity index is 1.79. The minimum Gasteiger partial charge on any atom is -0.364 e. The number of hydrogen-bond acceptors (Lipinski definition) is 4. The molecule has 0 bridgehead atoms. The molecule has 7 heteroatoms. The molecule has 1 N–H and O–H groups in total. The van der Waals surface area contributed by atoms with Crippen molar-refractivity contribution in [2.45, 2.75) is 57.7 Å². The van der Waals surface area contributed by atoms with Crippen LogP contribution in [0.5, 0.6) is 0 Å². The third kappa shape index (κ3) is 3.23. The lowest BCUT2D eigenvalue weighted by atomic mass is 9.93. The lowest BCUT2D eigenvalue weighted by molar-refractivity contribution is -0.144. The summed E-state index contributed by atoms with van der Waals surface area (Å²) in [6, 6.07) is 6.12. The third-order valence-electron chi connectivity index (χ3n) is 5.06. The number of hydrogen-bond donors (Lipinski definition) is 1. The van der Waals surface area contributed by atoms with E-state index in [9.17, 15) is 9.18 Å². The van der Waals surface area contributed by atoms with Gasteiger partial charge in [-0.2, -0.15) is 0 Å². The van der Waals surface area contributed by atoms with Crippen molar-refractivity contribution < 1.29 is 13.9 Å². The van der Waals surface area contributed by atoms with E-state index < -0.39 is 11.4 Å². The predicted molar refractivity (Wildman–Crippen MR) is 95.1 cm³/mol. The molecule has 1 aliphatic heterocycles. The lowest BCUT2D eigenvalue weighted by Crippen LogP contribution is -2.50. The molecule has 0 spiro atoms. The second-order valence-electron chi connectivity index (χ2n) is 7.17. The van der Waals surface area contributed by atoms with Crippen molar-refractivity contribution in [3.8, 4) is 0 Å². The van der Waals surface area contributed by atoms with Gasteiger partial charge in [0, 0.05) is 37.6 Å². The molecular formula is C19H25FN4O2. The van der Waals surface area contributed by atoms with Gasteiger partial charge in [-0.05, 0) is 19.4 Å². The summed E-state index contributed by atoms with van der Waals surface area (Å²) >= 11 is 0. The molecule has 3 rings (SSSR count). The van der Waals surface area contributed by atoms with Crippen LogP contribution in [0.15, 0.2) is 24.3 Å². The smallest absolute Gasteiger partial charge is 0.256 e. The first-order valence-electron chi connectivity index (χ1n) is 8.90. The van der Waals surface area contributed by atoms with Crippen molar-refractivity contribution in [2.75, 3.05) is 7.11 Å². The first-order valence-corrected chi connectivity index (χ1v) is 8.90. The minimum atomic E-state index is -1.39. The van der Waals surface area contributed by atoms with Crippen LogP contribution in [0.2, 0.25) is 0 Å². The Morgan fingerprint density at radius 1 is 1.38 bits per heavy atom. The van der Waals surface area contributed by atoms with Crippen LogP contribution in [0.4, 0.5) is 4.39 Å². The number of carbonyl (C=O) groups excluding carboxylic acids is 1. The van der Waals surface area contributed by atoms with E-state index in [2.05, 4.69) is 33.9 Å². The van der Waals surface area contributed by atoms with Crippen LogP contribution >= 0.6 is 0 Å². The zero-order valence-corrected chi connectivity index (χ0v) is 15.6. The van der Waals surface area contributed by atoms with Crippen molar-refractivity contribution in [1.82, 2.24) is 20.1 Å². The largest absolute Gasteiger partial charge is 0.364 e. The van der Waals surface area contributed by atoms with Crippen LogP contribution < -0.4 is 5.32 Å². The average molecular weight is 360 g/mol. The molecule has 0 saturated heterocycles. The number of halogens is 1. The highest BCUT2D eigenvalue weighted by Crippen LogP contribution is 2.28. The highest BCUT2D eigenvalue weighted by molar-refractivity contribution is 5.86. The number of aromatic nitrogens is 3. The van der Waals surface area contributed by atoms with E-state index in [0.717, 1.165) is 24.5 Å². The van der Waals surface area contributed by atoms with E-state index in [1.165, 1.54) is 13.2 Å². The predicted octanol–water partition coefficient (Wildman–Crippen LogP) is 2.53. The second-order valence-corrected chi connectivity index (χ2v) is 7.17. The standard InChI is InChI=1S/C19H25FN4O2/c1-12(2)17-23-22-16-10-9-13(11-24(16)17)21-18(25)19(3,26-4)14-7-5-6-8-15(14)20/h5-8,12-13H,9-11H2,1-4H3,(H,21,25)/t13-,19-/m1/s1. The van der Waals surface area contributed by atoms with Crippen molar-refractivity contribution in [1.29, 1.82) is 0 Å². The quantitative estimate of drug-likeness (QED) is 0.890. The molecule has 2 heterocycles. The first-order chi connectivity index (χ1) is 12.4. The van der Waals surface area contributed by atoms with Crippen LogP contribution in [0.25, 0.3) is 0 Å². The molecule has 2 atom stereocenters. The molecule has 0 aliphatic carbocycles. The molecule has 26 heavy (non-hydrogen) atoms. The van der Waals surface area contributed by atoms with E-state index in [4.69, 9.17) is 4.74 Å². The van der Waals surface area contributed by atoms with E-state index in [1.807, 2.05) is 0 Å². The summed E-state index contributed by atoms with van der Waals surface area (Å²) < 4.78 is 21.7. The van der Waals surface area contributed by atoms with Crippen molar-refractivity contribution >= 4 is 5.91 Å². The van der Waals surface area contributed by atoms with Gasteiger partial charge in [0.1, 0.15) is 17.5 Å². The molecule has 1 aromatic carbocycles. The fraction of sp³-hybridized carbons (Fsp3) is 0.526. The van der Waals surface area contributed by atoms with E-state index in [-0.39, 0.29) is 23.4 Å². The molecular weight excluding hydrogens is 335 g/mol. The number of carbonyl (C=O) groups is 1. The average Bonchev–Trinajstić information content (AvgIpc) is 3.05. The molecule has 6 nitrogen and oxygen atoms in total. The van der Waals surface area contributed by atoms with Gasteiger partial charge in [0.15, 0.2) is 5.60 Å². The number of rotatable bonds is 5. The number of benzene rings is 1. The van der Waals surface area contributed by atoms with Crippen molar-refractivity contribution in [2.24, 2.45) is 0 Å². The summed E-state index contributed by atoms with van der Waals surface area (Å²) in [5, 5.41) is 11.5. The lowest BCUT2D eigenvalue weighted by Gasteiger charge is -2.32. The fourth-order valence-corrected chi connectivity index (χ4v) is 3.39. The highest BCUT2D eigenvalue weighted by Gasteiger charge is 2.39. The van der Waals surface area contributed by atoms with Crippen LogP contribution in [-0.2, 0) is 28.1 Å². The summed E-state index contributed by atoms with van der Waals surface area (Å²) in [4.78, 5) is 12.9. The molecule has 1 aliphatic rings. The third-order valence-corrected chi connectivity index (χ3v) is 5.06. The molecule has 0 radical (unpaired) electrons. The van der Waals surface area contributed by atoms with Crippen molar-refractivity contribution in [3.63, 3.8) is 0 Å². The number of fused-ring (bicyclic) bond motifs is 1. The zero-order valence-electron chi connectivity index (χ0n) is 15.6. The fourth-order valence-electron chi connectivity index (χ4n) is 3.39. The Labute approximate surface area is 152 Å². The van der Waals surface area contributed by atoms with Crippen LogP contribution in [0.3, 0.4) is 0 Å². The summed E-state index contributed by atoms with van der Waals surface area (Å²) in [5.74, 6) is 1.32. The van der Waals surface area contributed by atoms with Gasteiger partial charge in [-0.1, -0.05) is 32.0 Å². The second kappa shape index (κ2) is 7.15. The molecule has 0 fully saturated rings. The molecule has 1 aromatic heterocycles. The first kappa shape index (κ1) is 18.5. The summed E-state index contributed by atoms with van der Waals surface area (Å²) in [7, 11) is 1.42. The molecule has 1 amide bonds. The molecule has 0 unspecified atom stereocenters. The Morgan fingerprint density at radius 2 is 2.12 bits per heavy atom. The normalized spacial score (nSPS) is 19.1. The Bertz CT molecular complexity index is 805.